The zero-order valence-electron chi connectivity index (χ0n) is 11.0. The van der Waals surface area contributed by atoms with Gasteiger partial charge in [0.1, 0.15) is 0 Å². The fraction of sp³-hybridized carbons (Fsp3) is 0.385. The minimum absolute atomic E-state index is 0. The lowest BCUT2D eigenvalue weighted by molar-refractivity contribution is -0.116. The van der Waals surface area contributed by atoms with E-state index in [9.17, 15) is 4.79 Å². The van der Waals surface area contributed by atoms with Crippen molar-refractivity contribution >= 4 is 45.6 Å². The molecule has 0 spiro atoms. The van der Waals surface area contributed by atoms with Crippen molar-refractivity contribution in [3.63, 3.8) is 0 Å². The number of amides is 1. The van der Waals surface area contributed by atoms with Crippen molar-refractivity contribution in [2.75, 3.05) is 11.9 Å². The van der Waals surface area contributed by atoms with Crippen LogP contribution in [0.25, 0.3) is 10.2 Å². The van der Waals surface area contributed by atoms with Crippen LogP contribution in [0.4, 0.5) is 5.69 Å². The molecule has 104 valence electrons. The van der Waals surface area contributed by atoms with Crippen molar-refractivity contribution in [1.82, 2.24) is 4.98 Å². The van der Waals surface area contributed by atoms with E-state index < -0.39 is 0 Å². The number of nitrogens with zero attached hydrogens (tertiary/aromatic N) is 1. The number of benzene rings is 1. The number of rotatable bonds is 4. The molecule has 0 fully saturated rings. The molecular formula is C13H18ClN3OS. The van der Waals surface area contributed by atoms with E-state index in [1.54, 1.807) is 11.3 Å². The fourth-order valence-corrected chi connectivity index (χ4v) is 2.63. The molecule has 1 amide bonds. The molecule has 1 heterocycles. The summed E-state index contributed by atoms with van der Waals surface area (Å²) in [5, 5.41) is 3.95. The second kappa shape index (κ2) is 6.84. The first-order valence-corrected chi connectivity index (χ1v) is 6.82. The second-order valence-electron chi connectivity index (χ2n) is 4.48. The minimum atomic E-state index is -0.0505. The Morgan fingerprint density at radius 1 is 1.47 bits per heavy atom. The quantitative estimate of drug-likeness (QED) is 0.911. The lowest BCUT2D eigenvalue weighted by Crippen LogP contribution is -2.15. The Labute approximate surface area is 122 Å². The average molecular weight is 300 g/mol. The number of carbonyl (C=O) groups is 1. The van der Waals surface area contributed by atoms with E-state index in [0.717, 1.165) is 20.9 Å². The molecule has 0 atom stereocenters. The predicted molar refractivity (Wildman–Crippen MR) is 83.3 cm³/mol. The first kappa shape index (κ1) is 15.9. The van der Waals surface area contributed by atoms with Gasteiger partial charge in [-0.3, -0.25) is 4.79 Å². The van der Waals surface area contributed by atoms with Gasteiger partial charge in [-0.05, 0) is 18.2 Å². The molecule has 2 aromatic rings. The van der Waals surface area contributed by atoms with E-state index in [4.69, 9.17) is 5.73 Å². The monoisotopic (exact) mass is 299 g/mol. The molecule has 0 aliphatic rings. The normalized spacial score (nSPS) is 10.5. The number of fused-ring (bicyclic) bond motifs is 1. The van der Waals surface area contributed by atoms with Gasteiger partial charge in [-0.1, -0.05) is 13.8 Å². The number of carbonyl (C=O) groups excluding carboxylic acids is 1. The van der Waals surface area contributed by atoms with Crippen LogP contribution >= 0.6 is 23.7 Å². The van der Waals surface area contributed by atoms with Crippen LogP contribution in [-0.2, 0) is 4.79 Å². The molecule has 0 aliphatic carbocycles. The topological polar surface area (TPSA) is 68.0 Å². The minimum Gasteiger partial charge on any atom is -0.330 e. The summed E-state index contributed by atoms with van der Waals surface area (Å²) >= 11 is 1.67. The molecule has 0 saturated carbocycles. The Hall–Kier alpha value is -1.17. The standard InChI is InChI=1S/C13H17N3OS.ClH/c1-8(2)13-16-10-4-3-9(7-11(10)18-13)15-12(17)5-6-14;/h3-4,7-8H,5-6,14H2,1-2H3,(H,15,17);1H. The summed E-state index contributed by atoms with van der Waals surface area (Å²) in [6.45, 7) is 4.62. The average Bonchev–Trinajstić information content (AvgIpc) is 2.72. The van der Waals surface area contributed by atoms with Crippen molar-refractivity contribution < 1.29 is 4.79 Å². The third-order valence-electron chi connectivity index (χ3n) is 2.55. The Bertz CT molecular complexity index is 568. The predicted octanol–water partition coefficient (Wildman–Crippen LogP) is 3.13. The van der Waals surface area contributed by atoms with Crippen molar-refractivity contribution in [3.05, 3.63) is 23.2 Å². The third-order valence-corrected chi connectivity index (χ3v) is 3.87. The highest BCUT2D eigenvalue weighted by Gasteiger charge is 2.08. The molecule has 1 aromatic heterocycles. The first-order valence-electron chi connectivity index (χ1n) is 6.00. The van der Waals surface area contributed by atoms with Crippen molar-refractivity contribution in [3.8, 4) is 0 Å². The van der Waals surface area contributed by atoms with Gasteiger partial charge in [-0.2, -0.15) is 0 Å². The van der Waals surface area contributed by atoms with Crippen LogP contribution in [0.1, 0.15) is 31.2 Å². The third kappa shape index (κ3) is 3.89. The Morgan fingerprint density at radius 3 is 2.84 bits per heavy atom. The van der Waals surface area contributed by atoms with E-state index >= 15 is 0 Å². The molecule has 0 aliphatic heterocycles. The number of hydrogen-bond donors (Lipinski definition) is 2. The molecule has 0 saturated heterocycles. The number of thiazole rings is 1. The van der Waals surface area contributed by atoms with E-state index in [1.807, 2.05) is 18.2 Å². The lowest BCUT2D eigenvalue weighted by Gasteiger charge is -2.03. The van der Waals surface area contributed by atoms with Crippen molar-refractivity contribution in [2.45, 2.75) is 26.2 Å². The zero-order valence-corrected chi connectivity index (χ0v) is 12.6. The van der Waals surface area contributed by atoms with Gasteiger partial charge in [0.25, 0.3) is 0 Å². The summed E-state index contributed by atoms with van der Waals surface area (Å²) in [7, 11) is 0. The largest absolute Gasteiger partial charge is 0.330 e. The van der Waals surface area contributed by atoms with Crippen LogP contribution in [0, 0.1) is 0 Å². The second-order valence-corrected chi connectivity index (χ2v) is 5.54. The van der Waals surface area contributed by atoms with Crippen LogP contribution in [0.5, 0.6) is 0 Å². The van der Waals surface area contributed by atoms with E-state index in [0.29, 0.717) is 18.9 Å². The maximum atomic E-state index is 11.5. The molecule has 2 rings (SSSR count). The number of nitrogens with two attached hydrogens (primary N) is 1. The van der Waals surface area contributed by atoms with Gasteiger partial charge in [0.15, 0.2) is 0 Å². The Kier molecular flexibility index (Phi) is 5.72. The number of nitrogens with one attached hydrogen (secondary N) is 1. The highest BCUT2D eigenvalue weighted by molar-refractivity contribution is 7.18. The van der Waals surface area contributed by atoms with Gasteiger partial charge in [-0.15, -0.1) is 23.7 Å². The van der Waals surface area contributed by atoms with E-state index in [-0.39, 0.29) is 18.3 Å². The summed E-state index contributed by atoms with van der Waals surface area (Å²) in [4.78, 5) is 16.0. The van der Waals surface area contributed by atoms with Crippen LogP contribution in [0.15, 0.2) is 18.2 Å². The SMILES string of the molecule is CC(C)c1nc2ccc(NC(=O)CCN)cc2s1.Cl. The zero-order chi connectivity index (χ0) is 13.1. The molecule has 1 aromatic carbocycles. The molecule has 0 unspecified atom stereocenters. The maximum Gasteiger partial charge on any atom is 0.225 e. The molecule has 19 heavy (non-hydrogen) atoms. The van der Waals surface area contributed by atoms with Crippen LogP contribution in [0.3, 0.4) is 0 Å². The highest BCUT2D eigenvalue weighted by atomic mass is 35.5. The molecule has 0 radical (unpaired) electrons. The summed E-state index contributed by atoms with van der Waals surface area (Å²) in [5.74, 6) is 0.378. The summed E-state index contributed by atoms with van der Waals surface area (Å²) in [6, 6.07) is 5.78. The smallest absolute Gasteiger partial charge is 0.225 e. The maximum absolute atomic E-state index is 11.5. The van der Waals surface area contributed by atoms with Crippen LogP contribution in [0.2, 0.25) is 0 Å². The molecule has 4 nitrogen and oxygen atoms in total. The fourth-order valence-electron chi connectivity index (χ4n) is 1.62. The number of hydrogen-bond acceptors (Lipinski definition) is 4. The number of anilines is 1. The van der Waals surface area contributed by atoms with Gasteiger partial charge in [-0.25, -0.2) is 4.98 Å². The van der Waals surface area contributed by atoms with Crippen molar-refractivity contribution in [2.24, 2.45) is 5.73 Å². The Morgan fingerprint density at radius 2 is 2.21 bits per heavy atom. The first-order chi connectivity index (χ1) is 8.60. The van der Waals surface area contributed by atoms with Crippen LogP contribution < -0.4 is 11.1 Å². The summed E-state index contributed by atoms with van der Waals surface area (Å²) in [5.41, 5.74) is 7.13. The van der Waals surface area contributed by atoms with E-state index in [1.165, 1.54) is 0 Å². The van der Waals surface area contributed by atoms with Gasteiger partial charge in [0.2, 0.25) is 5.91 Å². The molecular weight excluding hydrogens is 282 g/mol. The molecule has 3 N–H and O–H groups in total. The van der Waals surface area contributed by atoms with Gasteiger partial charge < -0.3 is 11.1 Å². The van der Waals surface area contributed by atoms with Crippen molar-refractivity contribution in [1.29, 1.82) is 0 Å². The van der Waals surface area contributed by atoms with Crippen LogP contribution in [-0.4, -0.2) is 17.4 Å². The Balaban J connectivity index is 0.00000180. The lowest BCUT2D eigenvalue weighted by atomic mass is 10.2. The highest BCUT2D eigenvalue weighted by Crippen LogP contribution is 2.29. The molecule has 0 bridgehead atoms. The molecule has 6 heteroatoms. The van der Waals surface area contributed by atoms with E-state index in [2.05, 4.69) is 24.1 Å². The van der Waals surface area contributed by atoms with Gasteiger partial charge in [0, 0.05) is 24.6 Å². The van der Waals surface area contributed by atoms with Gasteiger partial charge in [0.05, 0.1) is 15.2 Å². The van der Waals surface area contributed by atoms with Gasteiger partial charge >= 0.3 is 0 Å². The number of aromatic nitrogens is 1. The summed E-state index contributed by atoms with van der Waals surface area (Å²) in [6.07, 6.45) is 0.345. The number of halogens is 1. The summed E-state index contributed by atoms with van der Waals surface area (Å²) < 4.78 is 1.10.